The van der Waals surface area contributed by atoms with Gasteiger partial charge in [-0.15, -0.1) is 11.3 Å². The van der Waals surface area contributed by atoms with Crippen LogP contribution in [0.3, 0.4) is 0 Å². The van der Waals surface area contributed by atoms with Gasteiger partial charge in [-0.05, 0) is 23.8 Å². The van der Waals surface area contributed by atoms with Crippen LogP contribution in [0, 0.1) is 5.41 Å². The highest BCUT2D eigenvalue weighted by Gasteiger charge is 2.30. The smallest absolute Gasteiger partial charge is 0.211 e. The molecule has 0 aromatic carbocycles. The Labute approximate surface area is 102 Å². The molecule has 92 valence electrons. The molecule has 1 N–H and O–H groups in total. The molecule has 0 radical (unpaired) electrons. The van der Waals surface area contributed by atoms with Gasteiger partial charge < -0.3 is 0 Å². The average molecular weight is 261 g/mol. The predicted octanol–water partition coefficient (Wildman–Crippen LogP) is 2.77. The van der Waals surface area contributed by atoms with Crippen molar-refractivity contribution in [1.82, 2.24) is 4.72 Å². The second kappa shape index (κ2) is 4.85. The number of hydrogen-bond donors (Lipinski definition) is 1. The van der Waals surface area contributed by atoms with Gasteiger partial charge in [-0.25, -0.2) is 13.1 Å². The summed E-state index contributed by atoms with van der Waals surface area (Å²) < 4.78 is 26.1. The van der Waals surface area contributed by atoms with Crippen LogP contribution in [0.25, 0.3) is 0 Å². The zero-order valence-electron chi connectivity index (χ0n) is 10.1. The summed E-state index contributed by atoms with van der Waals surface area (Å²) in [5, 5.41) is 1.97. The summed E-state index contributed by atoms with van der Waals surface area (Å²) >= 11 is 1.58. The quantitative estimate of drug-likeness (QED) is 0.906. The Morgan fingerprint density at radius 1 is 1.44 bits per heavy atom. The first-order valence-electron chi connectivity index (χ1n) is 5.29. The Morgan fingerprint density at radius 2 is 2.06 bits per heavy atom. The molecule has 0 fully saturated rings. The minimum absolute atomic E-state index is 0.116. The van der Waals surface area contributed by atoms with E-state index in [1.54, 1.807) is 18.3 Å². The van der Waals surface area contributed by atoms with Crippen molar-refractivity contribution in [2.24, 2.45) is 5.41 Å². The Kier molecular flexibility index (Phi) is 4.15. The van der Waals surface area contributed by atoms with E-state index in [9.17, 15) is 8.42 Å². The fraction of sp³-hybridized carbons (Fsp3) is 0.636. The fourth-order valence-electron chi connectivity index (χ4n) is 1.38. The molecule has 1 atom stereocenters. The number of nitrogens with one attached hydrogen (secondary N) is 1. The van der Waals surface area contributed by atoms with Crippen LogP contribution < -0.4 is 4.72 Å². The molecule has 1 unspecified atom stereocenters. The van der Waals surface area contributed by atoms with E-state index in [4.69, 9.17) is 0 Å². The molecule has 5 heteroatoms. The van der Waals surface area contributed by atoms with Crippen molar-refractivity contribution >= 4 is 21.4 Å². The predicted molar refractivity (Wildman–Crippen MR) is 69.1 cm³/mol. The second-order valence-corrected chi connectivity index (χ2v) is 7.86. The second-order valence-electron chi connectivity index (χ2n) is 4.84. The highest BCUT2D eigenvalue weighted by Crippen LogP contribution is 2.35. The normalized spacial score (nSPS) is 15.0. The van der Waals surface area contributed by atoms with Crippen LogP contribution >= 0.6 is 11.3 Å². The Morgan fingerprint density at radius 3 is 2.44 bits per heavy atom. The molecule has 0 amide bonds. The van der Waals surface area contributed by atoms with Crippen LogP contribution in [0.5, 0.6) is 0 Å². The molecule has 1 heterocycles. The van der Waals surface area contributed by atoms with Gasteiger partial charge in [-0.3, -0.25) is 0 Å². The third-order valence-electron chi connectivity index (χ3n) is 2.37. The van der Waals surface area contributed by atoms with Crippen LogP contribution in [0.15, 0.2) is 17.5 Å². The van der Waals surface area contributed by atoms with Gasteiger partial charge in [0.1, 0.15) is 0 Å². The highest BCUT2D eigenvalue weighted by atomic mass is 32.2. The van der Waals surface area contributed by atoms with E-state index in [2.05, 4.69) is 4.72 Å². The first kappa shape index (κ1) is 13.7. The number of thiophene rings is 1. The molecule has 0 spiro atoms. The molecule has 0 saturated heterocycles. The molecule has 0 aliphatic heterocycles. The lowest BCUT2D eigenvalue weighted by molar-refractivity contribution is 0.308. The molecule has 0 aliphatic carbocycles. The summed E-state index contributed by atoms with van der Waals surface area (Å²) in [6, 6.07) is 3.76. The van der Waals surface area contributed by atoms with Gasteiger partial charge in [0.2, 0.25) is 10.0 Å². The first-order valence-corrected chi connectivity index (χ1v) is 7.83. The zero-order chi connectivity index (χ0) is 12.4. The molecule has 1 rings (SSSR count). The van der Waals surface area contributed by atoms with Crippen molar-refractivity contribution in [3.05, 3.63) is 22.4 Å². The van der Waals surface area contributed by atoms with E-state index in [0.29, 0.717) is 0 Å². The van der Waals surface area contributed by atoms with Gasteiger partial charge in [0, 0.05) is 4.88 Å². The van der Waals surface area contributed by atoms with E-state index in [0.717, 1.165) is 4.88 Å². The highest BCUT2D eigenvalue weighted by molar-refractivity contribution is 7.89. The van der Waals surface area contributed by atoms with E-state index in [-0.39, 0.29) is 17.2 Å². The minimum atomic E-state index is -3.17. The average Bonchev–Trinajstić information content (AvgIpc) is 2.65. The van der Waals surface area contributed by atoms with Crippen molar-refractivity contribution in [2.75, 3.05) is 5.75 Å². The topological polar surface area (TPSA) is 46.2 Å². The Balaban J connectivity index is 3.00. The van der Waals surface area contributed by atoms with Crippen LogP contribution in [0.2, 0.25) is 0 Å². The molecule has 0 saturated carbocycles. The molecule has 3 nitrogen and oxygen atoms in total. The lowest BCUT2D eigenvalue weighted by Gasteiger charge is -2.30. The lowest BCUT2D eigenvalue weighted by Crippen LogP contribution is -2.36. The molecule has 0 bridgehead atoms. The van der Waals surface area contributed by atoms with Crippen molar-refractivity contribution in [2.45, 2.75) is 33.7 Å². The SMILES string of the molecule is CCS(=O)(=O)NC(c1cccs1)C(C)(C)C. The Hall–Kier alpha value is -0.390. The monoisotopic (exact) mass is 261 g/mol. The summed E-state index contributed by atoms with van der Waals surface area (Å²) in [4.78, 5) is 1.06. The standard InChI is InChI=1S/C11H19NO2S2/c1-5-16(13,14)12-10(11(2,3)4)9-7-6-8-15-9/h6-8,10,12H,5H2,1-4H3. The zero-order valence-corrected chi connectivity index (χ0v) is 11.8. The van der Waals surface area contributed by atoms with Crippen molar-refractivity contribution < 1.29 is 8.42 Å². The van der Waals surface area contributed by atoms with Gasteiger partial charge >= 0.3 is 0 Å². The molecule has 1 aromatic heterocycles. The summed E-state index contributed by atoms with van der Waals surface area (Å²) in [5.74, 6) is 0.116. The minimum Gasteiger partial charge on any atom is -0.212 e. The van der Waals surface area contributed by atoms with E-state index in [1.165, 1.54) is 0 Å². The van der Waals surface area contributed by atoms with Crippen LogP contribution in [0.1, 0.15) is 38.6 Å². The van der Waals surface area contributed by atoms with Crippen molar-refractivity contribution in [1.29, 1.82) is 0 Å². The van der Waals surface area contributed by atoms with E-state index >= 15 is 0 Å². The Bertz CT molecular complexity index is 415. The maximum Gasteiger partial charge on any atom is 0.211 e. The van der Waals surface area contributed by atoms with Crippen LogP contribution in [-0.4, -0.2) is 14.2 Å². The van der Waals surface area contributed by atoms with Crippen LogP contribution in [0.4, 0.5) is 0 Å². The van der Waals surface area contributed by atoms with Gasteiger partial charge in [-0.1, -0.05) is 26.8 Å². The molecular formula is C11H19NO2S2. The molecular weight excluding hydrogens is 242 g/mol. The summed E-state index contributed by atoms with van der Waals surface area (Å²) in [6.45, 7) is 7.76. The summed E-state index contributed by atoms with van der Waals surface area (Å²) in [5.41, 5.74) is -0.132. The third-order valence-corrected chi connectivity index (χ3v) is 4.66. The number of rotatable bonds is 4. The maximum atomic E-state index is 11.6. The lowest BCUT2D eigenvalue weighted by atomic mass is 9.86. The largest absolute Gasteiger partial charge is 0.212 e. The van der Waals surface area contributed by atoms with Crippen molar-refractivity contribution in [3.8, 4) is 0 Å². The van der Waals surface area contributed by atoms with E-state index < -0.39 is 10.0 Å². The molecule has 1 aromatic rings. The fourth-order valence-corrected chi connectivity index (χ4v) is 3.48. The molecule has 0 aliphatic rings. The van der Waals surface area contributed by atoms with Gasteiger partial charge in [0.25, 0.3) is 0 Å². The summed E-state index contributed by atoms with van der Waals surface area (Å²) in [7, 11) is -3.17. The first-order chi connectivity index (χ1) is 7.26. The maximum absolute atomic E-state index is 11.6. The van der Waals surface area contributed by atoms with Gasteiger partial charge in [-0.2, -0.15) is 0 Å². The number of hydrogen-bond acceptors (Lipinski definition) is 3. The molecule has 16 heavy (non-hydrogen) atoms. The van der Waals surface area contributed by atoms with Crippen molar-refractivity contribution in [3.63, 3.8) is 0 Å². The van der Waals surface area contributed by atoms with Gasteiger partial charge in [0.15, 0.2) is 0 Å². The third kappa shape index (κ3) is 3.57. The van der Waals surface area contributed by atoms with Gasteiger partial charge in [0.05, 0.1) is 11.8 Å². The number of sulfonamides is 1. The van der Waals surface area contributed by atoms with E-state index in [1.807, 2.05) is 38.3 Å². The summed E-state index contributed by atoms with van der Waals surface area (Å²) in [6.07, 6.45) is 0. The van der Waals surface area contributed by atoms with Crippen LogP contribution in [-0.2, 0) is 10.0 Å².